The van der Waals surface area contributed by atoms with E-state index in [1.807, 2.05) is 0 Å². The Bertz CT molecular complexity index is 667. The zero-order valence-electron chi connectivity index (χ0n) is 12.8. The fraction of sp³-hybridized carbons (Fsp3) is 0.533. The lowest BCUT2D eigenvalue weighted by Crippen LogP contribution is -2.48. The maximum Gasteiger partial charge on any atom is 0.251 e. The molecule has 3 rings (SSSR count). The van der Waals surface area contributed by atoms with E-state index in [9.17, 15) is 13.2 Å². The molecule has 2 saturated heterocycles. The van der Waals surface area contributed by atoms with E-state index in [1.165, 1.54) is 16.4 Å². The van der Waals surface area contributed by atoms with E-state index in [0.717, 1.165) is 13.1 Å². The largest absolute Gasteiger partial charge is 0.379 e. The Kier molecular flexibility index (Phi) is 4.96. The molecule has 0 unspecified atom stereocenters. The fourth-order valence-electron chi connectivity index (χ4n) is 2.57. The van der Waals surface area contributed by atoms with Gasteiger partial charge in [0, 0.05) is 44.2 Å². The van der Waals surface area contributed by atoms with Crippen LogP contribution in [0.1, 0.15) is 10.4 Å². The molecule has 0 atom stereocenters. The van der Waals surface area contributed by atoms with Crippen molar-refractivity contribution in [3.05, 3.63) is 29.8 Å². The number of nitrogens with one attached hydrogen (secondary N) is 2. The third kappa shape index (κ3) is 3.72. The summed E-state index contributed by atoms with van der Waals surface area (Å²) >= 11 is 0. The van der Waals surface area contributed by atoms with Gasteiger partial charge in [-0.3, -0.25) is 4.79 Å². The number of carbonyl (C=O) groups excluding carboxylic acids is 1. The van der Waals surface area contributed by atoms with Gasteiger partial charge in [-0.05, 0) is 18.2 Å². The van der Waals surface area contributed by atoms with Crippen molar-refractivity contribution in [1.82, 2.24) is 14.9 Å². The van der Waals surface area contributed by atoms with Gasteiger partial charge in [-0.2, -0.15) is 4.31 Å². The summed E-state index contributed by atoms with van der Waals surface area (Å²) in [7, 11) is -3.58. The minimum Gasteiger partial charge on any atom is -0.379 e. The summed E-state index contributed by atoms with van der Waals surface area (Å²) in [5.41, 5.74) is 0.367. The molecular formula is C15H21N3O4S. The third-order valence-corrected chi connectivity index (χ3v) is 6.02. The number of morpholine rings is 1. The lowest BCUT2D eigenvalue weighted by atomic mass is 10.0. The summed E-state index contributed by atoms with van der Waals surface area (Å²) in [5, 5.41) is 6.00. The summed E-state index contributed by atoms with van der Waals surface area (Å²) in [6.45, 7) is 3.90. The lowest BCUT2D eigenvalue weighted by molar-refractivity contribution is 0.0730. The Labute approximate surface area is 136 Å². The quantitative estimate of drug-likeness (QED) is 0.766. The predicted molar refractivity (Wildman–Crippen MR) is 84.7 cm³/mol. The lowest BCUT2D eigenvalue weighted by Gasteiger charge is -2.27. The van der Waals surface area contributed by atoms with Crippen molar-refractivity contribution >= 4 is 15.9 Å². The van der Waals surface area contributed by atoms with E-state index in [-0.39, 0.29) is 10.8 Å². The molecule has 126 valence electrons. The number of benzene rings is 1. The Morgan fingerprint density at radius 3 is 2.70 bits per heavy atom. The summed E-state index contributed by atoms with van der Waals surface area (Å²) in [6, 6.07) is 6.20. The highest BCUT2D eigenvalue weighted by Crippen LogP contribution is 2.18. The molecular weight excluding hydrogens is 318 g/mol. The minimum atomic E-state index is -3.58. The molecule has 2 fully saturated rings. The van der Waals surface area contributed by atoms with Crippen molar-refractivity contribution in [3.8, 4) is 0 Å². The second-order valence-corrected chi connectivity index (χ2v) is 7.72. The number of sulfonamides is 1. The first-order valence-corrected chi connectivity index (χ1v) is 9.18. The maximum atomic E-state index is 12.6. The van der Waals surface area contributed by atoms with E-state index in [2.05, 4.69) is 10.6 Å². The van der Waals surface area contributed by atoms with Crippen LogP contribution in [0.25, 0.3) is 0 Å². The zero-order chi connectivity index (χ0) is 16.3. The summed E-state index contributed by atoms with van der Waals surface area (Å²) in [5.74, 6) is 0.218. The van der Waals surface area contributed by atoms with Crippen LogP contribution in [0.5, 0.6) is 0 Å². The number of hydrogen-bond acceptors (Lipinski definition) is 5. The molecule has 0 radical (unpaired) electrons. The van der Waals surface area contributed by atoms with Crippen LogP contribution in [-0.2, 0) is 14.8 Å². The van der Waals surface area contributed by atoms with Crippen molar-refractivity contribution in [3.63, 3.8) is 0 Å². The topological polar surface area (TPSA) is 87.7 Å². The number of carbonyl (C=O) groups is 1. The van der Waals surface area contributed by atoms with Crippen LogP contribution in [0, 0.1) is 5.92 Å². The van der Waals surface area contributed by atoms with Gasteiger partial charge in [0.2, 0.25) is 10.0 Å². The molecule has 1 aromatic carbocycles. The Morgan fingerprint density at radius 1 is 1.30 bits per heavy atom. The second kappa shape index (κ2) is 6.96. The van der Waals surface area contributed by atoms with E-state index in [0.29, 0.717) is 44.3 Å². The zero-order valence-corrected chi connectivity index (χ0v) is 13.6. The van der Waals surface area contributed by atoms with E-state index >= 15 is 0 Å². The SMILES string of the molecule is O=C(NCC1CNC1)c1cccc(S(=O)(=O)N2CCOCC2)c1. The van der Waals surface area contributed by atoms with Crippen LogP contribution in [0.4, 0.5) is 0 Å². The van der Waals surface area contributed by atoms with Gasteiger partial charge >= 0.3 is 0 Å². The van der Waals surface area contributed by atoms with Crippen molar-refractivity contribution in [2.45, 2.75) is 4.90 Å². The summed E-state index contributed by atoms with van der Waals surface area (Å²) in [4.78, 5) is 12.3. The Balaban J connectivity index is 1.71. The van der Waals surface area contributed by atoms with Gasteiger partial charge in [0.25, 0.3) is 5.91 Å². The van der Waals surface area contributed by atoms with Crippen molar-refractivity contribution in [2.24, 2.45) is 5.92 Å². The number of hydrogen-bond donors (Lipinski definition) is 2. The fourth-order valence-corrected chi connectivity index (χ4v) is 4.02. The highest BCUT2D eigenvalue weighted by molar-refractivity contribution is 7.89. The van der Waals surface area contributed by atoms with Crippen LogP contribution in [0.15, 0.2) is 29.2 Å². The minimum absolute atomic E-state index is 0.150. The van der Waals surface area contributed by atoms with Crippen molar-refractivity contribution in [2.75, 3.05) is 45.9 Å². The van der Waals surface area contributed by atoms with Gasteiger partial charge < -0.3 is 15.4 Å². The van der Waals surface area contributed by atoms with Crippen molar-refractivity contribution in [1.29, 1.82) is 0 Å². The van der Waals surface area contributed by atoms with Crippen molar-refractivity contribution < 1.29 is 17.9 Å². The summed E-state index contributed by atoms with van der Waals surface area (Å²) in [6.07, 6.45) is 0. The van der Waals surface area contributed by atoms with Crippen LogP contribution in [0.2, 0.25) is 0 Å². The molecule has 23 heavy (non-hydrogen) atoms. The highest BCUT2D eigenvalue weighted by atomic mass is 32.2. The van der Waals surface area contributed by atoms with Crippen LogP contribution < -0.4 is 10.6 Å². The molecule has 0 saturated carbocycles. The Hall–Kier alpha value is -1.48. The van der Waals surface area contributed by atoms with Crippen LogP contribution >= 0.6 is 0 Å². The maximum absolute atomic E-state index is 12.6. The molecule has 2 aliphatic rings. The van der Waals surface area contributed by atoms with E-state index in [4.69, 9.17) is 4.74 Å². The van der Waals surface area contributed by atoms with E-state index < -0.39 is 10.0 Å². The molecule has 0 aromatic heterocycles. The molecule has 1 aromatic rings. The molecule has 2 heterocycles. The first-order valence-electron chi connectivity index (χ1n) is 7.74. The third-order valence-electron chi connectivity index (χ3n) is 4.12. The predicted octanol–water partition coefficient (Wildman–Crippen LogP) is -0.343. The number of amides is 1. The highest BCUT2D eigenvalue weighted by Gasteiger charge is 2.27. The molecule has 1 amide bonds. The van der Waals surface area contributed by atoms with Gasteiger partial charge in [-0.25, -0.2) is 8.42 Å². The number of nitrogens with zero attached hydrogens (tertiary/aromatic N) is 1. The standard InChI is InChI=1S/C15H21N3O4S/c19-15(17-11-12-9-16-10-12)13-2-1-3-14(8-13)23(20,21)18-4-6-22-7-5-18/h1-3,8,12,16H,4-7,9-11H2,(H,17,19). The molecule has 0 spiro atoms. The van der Waals surface area contributed by atoms with Gasteiger partial charge in [-0.1, -0.05) is 6.07 Å². The van der Waals surface area contributed by atoms with E-state index in [1.54, 1.807) is 12.1 Å². The van der Waals surface area contributed by atoms with Crippen LogP contribution in [0.3, 0.4) is 0 Å². The average Bonchev–Trinajstić information content (AvgIpc) is 2.54. The molecule has 0 bridgehead atoms. The molecule has 7 nitrogen and oxygen atoms in total. The van der Waals surface area contributed by atoms with Crippen LogP contribution in [-0.4, -0.2) is 64.6 Å². The smallest absolute Gasteiger partial charge is 0.251 e. The normalized spacial score (nSPS) is 20.0. The molecule has 8 heteroatoms. The average molecular weight is 339 g/mol. The van der Waals surface area contributed by atoms with Gasteiger partial charge in [0.15, 0.2) is 0 Å². The van der Waals surface area contributed by atoms with Gasteiger partial charge in [0.05, 0.1) is 18.1 Å². The molecule has 2 aliphatic heterocycles. The first kappa shape index (κ1) is 16.4. The molecule has 2 N–H and O–H groups in total. The Morgan fingerprint density at radius 2 is 2.04 bits per heavy atom. The first-order chi connectivity index (χ1) is 11.1. The number of ether oxygens (including phenoxy) is 1. The monoisotopic (exact) mass is 339 g/mol. The van der Waals surface area contributed by atoms with Gasteiger partial charge in [-0.15, -0.1) is 0 Å². The number of rotatable bonds is 5. The summed E-state index contributed by atoms with van der Waals surface area (Å²) < 4.78 is 31.8. The van der Waals surface area contributed by atoms with Gasteiger partial charge in [0.1, 0.15) is 0 Å². The second-order valence-electron chi connectivity index (χ2n) is 5.78. The molecule has 0 aliphatic carbocycles.